The Morgan fingerprint density at radius 3 is 2.76 bits per heavy atom. The van der Waals surface area contributed by atoms with Crippen LogP contribution in [-0.4, -0.2) is 25.5 Å². The van der Waals surface area contributed by atoms with Gasteiger partial charge in [-0.2, -0.15) is 0 Å². The van der Waals surface area contributed by atoms with E-state index in [1.165, 1.54) is 5.56 Å². The highest BCUT2D eigenvalue weighted by atomic mass is 16.5. The van der Waals surface area contributed by atoms with Crippen LogP contribution in [-0.2, 0) is 9.53 Å². The fourth-order valence-electron chi connectivity index (χ4n) is 1.81. The monoisotopic (exact) mass is 231 g/mol. The van der Waals surface area contributed by atoms with Crippen LogP contribution in [0.2, 0.25) is 0 Å². The Hall–Kier alpha value is -1.45. The Morgan fingerprint density at radius 2 is 2.18 bits per heavy atom. The zero-order valence-corrected chi connectivity index (χ0v) is 9.98. The molecule has 17 heavy (non-hydrogen) atoms. The lowest BCUT2D eigenvalue weighted by atomic mass is 10.1. The molecule has 3 heteroatoms. The van der Waals surface area contributed by atoms with Gasteiger partial charge in [0.2, 0.25) is 0 Å². The van der Waals surface area contributed by atoms with Gasteiger partial charge >= 0.3 is 0 Å². The minimum absolute atomic E-state index is 0.0638. The van der Waals surface area contributed by atoms with Crippen LogP contribution < -0.4 is 5.32 Å². The predicted octanol–water partition coefficient (Wildman–Crippen LogP) is 1.95. The summed E-state index contributed by atoms with van der Waals surface area (Å²) in [5, 5.41) is 3.30. The van der Waals surface area contributed by atoms with Crippen molar-refractivity contribution >= 4 is 11.9 Å². The summed E-state index contributed by atoms with van der Waals surface area (Å²) >= 11 is 0. The zero-order valence-electron chi connectivity index (χ0n) is 9.98. The molecule has 0 spiro atoms. The van der Waals surface area contributed by atoms with Gasteiger partial charge in [-0.25, -0.2) is 0 Å². The number of ketones is 1. The Morgan fingerprint density at radius 1 is 1.41 bits per heavy atom. The average Bonchev–Trinajstić information content (AvgIpc) is 2.38. The van der Waals surface area contributed by atoms with E-state index < -0.39 is 0 Å². The summed E-state index contributed by atoms with van der Waals surface area (Å²) in [6.07, 6.45) is 3.55. The first-order valence-electron chi connectivity index (χ1n) is 5.86. The molecule has 90 valence electrons. The van der Waals surface area contributed by atoms with Crippen molar-refractivity contribution in [1.82, 2.24) is 5.32 Å². The van der Waals surface area contributed by atoms with Gasteiger partial charge in [0.05, 0.1) is 12.7 Å². The fourth-order valence-corrected chi connectivity index (χ4v) is 1.81. The molecule has 1 aliphatic rings. The standard InChI is InChI=1S/C14H17NO2/c1-11(16)2-3-12-4-6-13(7-5-12)14-10-15-8-9-17-14/h2-7,14-15H,8-10H2,1H3. The summed E-state index contributed by atoms with van der Waals surface area (Å²) in [5.74, 6) is 0.0638. The van der Waals surface area contributed by atoms with Crippen LogP contribution in [0.3, 0.4) is 0 Å². The number of benzene rings is 1. The van der Waals surface area contributed by atoms with Crippen molar-refractivity contribution in [3.05, 3.63) is 41.5 Å². The van der Waals surface area contributed by atoms with Crippen LogP contribution in [0, 0.1) is 0 Å². The Bertz CT molecular complexity index is 403. The number of rotatable bonds is 3. The van der Waals surface area contributed by atoms with E-state index >= 15 is 0 Å². The molecule has 1 N–H and O–H groups in total. The topological polar surface area (TPSA) is 38.3 Å². The highest BCUT2D eigenvalue weighted by Gasteiger charge is 2.14. The van der Waals surface area contributed by atoms with Crippen LogP contribution in [0.4, 0.5) is 0 Å². The van der Waals surface area contributed by atoms with E-state index in [9.17, 15) is 4.79 Å². The van der Waals surface area contributed by atoms with Crippen LogP contribution in [0.25, 0.3) is 6.08 Å². The summed E-state index contributed by atoms with van der Waals surface area (Å²) in [5.41, 5.74) is 2.21. The van der Waals surface area contributed by atoms with Gasteiger partial charge in [-0.3, -0.25) is 4.79 Å². The number of morpholine rings is 1. The molecule has 0 bridgehead atoms. The van der Waals surface area contributed by atoms with Crippen molar-refractivity contribution in [2.45, 2.75) is 13.0 Å². The molecule has 1 saturated heterocycles. The lowest BCUT2D eigenvalue weighted by Crippen LogP contribution is -2.33. The van der Waals surface area contributed by atoms with Crippen molar-refractivity contribution in [3.63, 3.8) is 0 Å². The van der Waals surface area contributed by atoms with Crippen LogP contribution in [0.1, 0.15) is 24.2 Å². The second kappa shape index (κ2) is 5.75. The molecular formula is C14H17NO2. The lowest BCUT2D eigenvalue weighted by molar-refractivity contribution is -0.112. The maximum Gasteiger partial charge on any atom is 0.152 e. The molecule has 0 saturated carbocycles. The van der Waals surface area contributed by atoms with E-state index in [1.54, 1.807) is 13.0 Å². The molecule has 1 atom stereocenters. The second-order valence-corrected chi connectivity index (χ2v) is 4.17. The number of hydrogen-bond donors (Lipinski definition) is 1. The maximum absolute atomic E-state index is 10.8. The summed E-state index contributed by atoms with van der Waals surface area (Å²) in [6, 6.07) is 8.12. The number of allylic oxidation sites excluding steroid dienone is 1. The van der Waals surface area contributed by atoms with Crippen molar-refractivity contribution in [3.8, 4) is 0 Å². The smallest absolute Gasteiger partial charge is 0.152 e. The molecule has 1 aromatic rings. The fraction of sp³-hybridized carbons (Fsp3) is 0.357. The van der Waals surface area contributed by atoms with Gasteiger partial charge in [-0.1, -0.05) is 30.3 Å². The van der Waals surface area contributed by atoms with E-state index in [0.717, 1.165) is 25.3 Å². The molecule has 0 aromatic heterocycles. The van der Waals surface area contributed by atoms with Crippen LogP contribution in [0.15, 0.2) is 30.3 Å². The number of carbonyl (C=O) groups excluding carboxylic acids is 1. The van der Waals surface area contributed by atoms with Gasteiger partial charge in [-0.15, -0.1) is 0 Å². The molecule has 1 unspecified atom stereocenters. The molecule has 0 aliphatic carbocycles. The van der Waals surface area contributed by atoms with E-state index in [1.807, 2.05) is 18.2 Å². The van der Waals surface area contributed by atoms with E-state index in [2.05, 4.69) is 17.4 Å². The van der Waals surface area contributed by atoms with Crippen LogP contribution in [0.5, 0.6) is 0 Å². The van der Waals surface area contributed by atoms with Gasteiger partial charge in [0.15, 0.2) is 5.78 Å². The maximum atomic E-state index is 10.8. The molecule has 1 fully saturated rings. The van der Waals surface area contributed by atoms with Gasteiger partial charge in [0.1, 0.15) is 0 Å². The first-order valence-corrected chi connectivity index (χ1v) is 5.86. The number of ether oxygens (including phenoxy) is 1. The van der Waals surface area contributed by atoms with Crippen molar-refractivity contribution in [2.75, 3.05) is 19.7 Å². The number of hydrogen-bond acceptors (Lipinski definition) is 3. The Labute approximate surface area is 101 Å². The van der Waals surface area contributed by atoms with Crippen molar-refractivity contribution in [1.29, 1.82) is 0 Å². The highest BCUT2D eigenvalue weighted by molar-refractivity contribution is 5.91. The van der Waals surface area contributed by atoms with E-state index in [-0.39, 0.29) is 11.9 Å². The SMILES string of the molecule is CC(=O)C=Cc1ccc(C2CNCCO2)cc1. The first kappa shape index (κ1) is 12.0. The molecule has 1 heterocycles. The summed E-state index contributed by atoms with van der Waals surface area (Å²) in [6.45, 7) is 4.10. The summed E-state index contributed by atoms with van der Waals surface area (Å²) in [4.78, 5) is 10.8. The van der Waals surface area contributed by atoms with Crippen LogP contribution >= 0.6 is 0 Å². The van der Waals surface area contributed by atoms with E-state index in [0.29, 0.717) is 0 Å². The Kier molecular flexibility index (Phi) is 4.07. The van der Waals surface area contributed by atoms with E-state index in [4.69, 9.17) is 4.74 Å². The van der Waals surface area contributed by atoms with Crippen molar-refractivity contribution < 1.29 is 9.53 Å². The Balaban J connectivity index is 2.04. The third-order valence-electron chi connectivity index (χ3n) is 2.75. The minimum Gasteiger partial charge on any atom is -0.371 e. The van der Waals surface area contributed by atoms with Gasteiger partial charge in [0, 0.05) is 13.1 Å². The van der Waals surface area contributed by atoms with Gasteiger partial charge in [0.25, 0.3) is 0 Å². The van der Waals surface area contributed by atoms with Gasteiger partial charge in [-0.05, 0) is 24.1 Å². The normalized spacial score (nSPS) is 20.6. The highest BCUT2D eigenvalue weighted by Crippen LogP contribution is 2.19. The molecule has 1 aliphatic heterocycles. The summed E-state index contributed by atoms with van der Waals surface area (Å²) in [7, 11) is 0. The second-order valence-electron chi connectivity index (χ2n) is 4.17. The minimum atomic E-state index is 0.0638. The summed E-state index contributed by atoms with van der Waals surface area (Å²) < 4.78 is 5.67. The predicted molar refractivity (Wildman–Crippen MR) is 67.7 cm³/mol. The largest absolute Gasteiger partial charge is 0.371 e. The molecule has 3 nitrogen and oxygen atoms in total. The average molecular weight is 231 g/mol. The lowest BCUT2D eigenvalue weighted by Gasteiger charge is -2.23. The molecular weight excluding hydrogens is 214 g/mol. The third-order valence-corrected chi connectivity index (χ3v) is 2.75. The molecule has 2 rings (SSSR count). The first-order chi connectivity index (χ1) is 8.25. The quantitative estimate of drug-likeness (QED) is 0.808. The number of carbonyl (C=O) groups is 1. The van der Waals surface area contributed by atoms with Gasteiger partial charge < -0.3 is 10.1 Å². The molecule has 1 aromatic carbocycles. The zero-order chi connectivity index (χ0) is 12.1. The molecule has 0 amide bonds. The van der Waals surface area contributed by atoms with Crippen molar-refractivity contribution in [2.24, 2.45) is 0 Å². The number of nitrogens with one attached hydrogen (secondary N) is 1. The molecule has 0 radical (unpaired) electrons. The third kappa shape index (κ3) is 3.51.